The molecule has 5 heteroatoms. The number of nitrogens with zero attached hydrogens (tertiary/aromatic N) is 3. The summed E-state index contributed by atoms with van der Waals surface area (Å²) < 4.78 is 1.70. The van der Waals surface area contributed by atoms with Gasteiger partial charge in [-0.3, -0.25) is 14.8 Å². The third kappa shape index (κ3) is 2.55. The Morgan fingerprint density at radius 1 is 1.47 bits per heavy atom. The van der Waals surface area contributed by atoms with E-state index in [9.17, 15) is 10.1 Å². The lowest BCUT2D eigenvalue weighted by molar-refractivity contribution is -0.385. The van der Waals surface area contributed by atoms with Crippen molar-refractivity contribution in [3.63, 3.8) is 0 Å². The SMILES string of the molecule is O=[N+]([O-])c1cnn(CC2CCCCC2)c1. The summed E-state index contributed by atoms with van der Waals surface area (Å²) in [5, 5.41) is 14.5. The smallest absolute Gasteiger partial charge is 0.265 e. The van der Waals surface area contributed by atoms with Gasteiger partial charge in [0.05, 0.1) is 4.92 Å². The van der Waals surface area contributed by atoms with Crippen molar-refractivity contribution in [2.24, 2.45) is 5.92 Å². The first-order valence-electron chi connectivity index (χ1n) is 5.42. The molecule has 0 aromatic carbocycles. The van der Waals surface area contributed by atoms with Crippen molar-refractivity contribution in [1.82, 2.24) is 9.78 Å². The number of nitro groups is 1. The van der Waals surface area contributed by atoms with Crippen LogP contribution in [0.5, 0.6) is 0 Å². The zero-order valence-electron chi connectivity index (χ0n) is 8.63. The Morgan fingerprint density at radius 2 is 2.20 bits per heavy atom. The minimum Gasteiger partial charge on any atom is -0.265 e. The molecule has 1 heterocycles. The molecule has 82 valence electrons. The minimum atomic E-state index is -0.398. The highest BCUT2D eigenvalue weighted by Crippen LogP contribution is 2.25. The minimum absolute atomic E-state index is 0.0887. The third-order valence-corrected chi connectivity index (χ3v) is 3.00. The van der Waals surface area contributed by atoms with Crippen LogP contribution in [0.4, 0.5) is 5.69 Å². The van der Waals surface area contributed by atoms with Crippen LogP contribution in [0.2, 0.25) is 0 Å². The Bertz CT molecular complexity index is 342. The van der Waals surface area contributed by atoms with Gasteiger partial charge in [-0.15, -0.1) is 0 Å². The van der Waals surface area contributed by atoms with Crippen LogP contribution in [0.25, 0.3) is 0 Å². The lowest BCUT2D eigenvalue weighted by Crippen LogP contribution is -2.14. The summed E-state index contributed by atoms with van der Waals surface area (Å²) in [5.41, 5.74) is 0.0887. The van der Waals surface area contributed by atoms with E-state index in [0.717, 1.165) is 6.54 Å². The maximum Gasteiger partial charge on any atom is 0.306 e. The summed E-state index contributed by atoms with van der Waals surface area (Å²) in [5.74, 6) is 0.651. The van der Waals surface area contributed by atoms with Gasteiger partial charge in [-0.25, -0.2) is 0 Å². The molecule has 1 saturated carbocycles. The lowest BCUT2D eigenvalue weighted by Gasteiger charge is -2.20. The average Bonchev–Trinajstić information content (AvgIpc) is 2.68. The molecular formula is C10H15N3O2. The van der Waals surface area contributed by atoms with E-state index >= 15 is 0 Å². The molecule has 0 amide bonds. The van der Waals surface area contributed by atoms with Crippen molar-refractivity contribution in [2.75, 3.05) is 0 Å². The molecule has 15 heavy (non-hydrogen) atoms. The molecule has 1 aliphatic carbocycles. The van der Waals surface area contributed by atoms with E-state index in [1.807, 2.05) is 0 Å². The molecule has 0 spiro atoms. The maximum atomic E-state index is 10.5. The van der Waals surface area contributed by atoms with E-state index in [2.05, 4.69) is 5.10 Å². The van der Waals surface area contributed by atoms with Crippen molar-refractivity contribution in [1.29, 1.82) is 0 Å². The normalized spacial score (nSPS) is 17.9. The molecule has 5 nitrogen and oxygen atoms in total. The zero-order chi connectivity index (χ0) is 10.7. The maximum absolute atomic E-state index is 10.5. The topological polar surface area (TPSA) is 61.0 Å². The fraction of sp³-hybridized carbons (Fsp3) is 0.700. The van der Waals surface area contributed by atoms with Gasteiger partial charge in [0.2, 0.25) is 0 Å². The summed E-state index contributed by atoms with van der Waals surface area (Å²) in [6.45, 7) is 0.827. The lowest BCUT2D eigenvalue weighted by atomic mass is 9.89. The highest BCUT2D eigenvalue weighted by Gasteiger charge is 2.16. The summed E-state index contributed by atoms with van der Waals surface area (Å²) in [6.07, 6.45) is 9.20. The standard InChI is InChI=1S/C10H15N3O2/c14-13(15)10-6-11-12(8-10)7-9-4-2-1-3-5-9/h6,8-9H,1-5,7H2. The second-order valence-corrected chi connectivity index (χ2v) is 4.18. The molecule has 1 aliphatic rings. The van der Waals surface area contributed by atoms with Crippen LogP contribution in [0, 0.1) is 16.0 Å². The van der Waals surface area contributed by atoms with Crippen molar-refractivity contribution in [3.8, 4) is 0 Å². The fourth-order valence-corrected chi connectivity index (χ4v) is 2.18. The van der Waals surface area contributed by atoms with Gasteiger partial charge in [-0.2, -0.15) is 5.10 Å². The van der Waals surface area contributed by atoms with Gasteiger partial charge in [0, 0.05) is 6.54 Å². The van der Waals surface area contributed by atoms with Crippen LogP contribution in [0.15, 0.2) is 12.4 Å². The van der Waals surface area contributed by atoms with Crippen molar-refractivity contribution in [3.05, 3.63) is 22.5 Å². The summed E-state index contributed by atoms with van der Waals surface area (Å²) in [6, 6.07) is 0. The first-order chi connectivity index (χ1) is 7.25. The van der Waals surface area contributed by atoms with Crippen LogP contribution >= 0.6 is 0 Å². The van der Waals surface area contributed by atoms with E-state index in [1.165, 1.54) is 44.5 Å². The summed E-state index contributed by atoms with van der Waals surface area (Å²) in [7, 11) is 0. The molecule has 0 atom stereocenters. The number of rotatable bonds is 3. The van der Waals surface area contributed by atoms with Crippen LogP contribution in [0.1, 0.15) is 32.1 Å². The van der Waals surface area contributed by atoms with Crippen LogP contribution in [0.3, 0.4) is 0 Å². The summed E-state index contributed by atoms with van der Waals surface area (Å²) >= 11 is 0. The van der Waals surface area contributed by atoms with Gasteiger partial charge in [-0.1, -0.05) is 19.3 Å². The zero-order valence-corrected chi connectivity index (χ0v) is 8.63. The third-order valence-electron chi connectivity index (χ3n) is 3.00. The molecule has 1 aromatic heterocycles. The quantitative estimate of drug-likeness (QED) is 0.567. The van der Waals surface area contributed by atoms with Gasteiger partial charge in [0.15, 0.2) is 0 Å². The molecule has 0 unspecified atom stereocenters. The predicted octanol–water partition coefficient (Wildman–Crippen LogP) is 2.37. The van der Waals surface area contributed by atoms with Gasteiger partial charge < -0.3 is 0 Å². The molecule has 0 N–H and O–H groups in total. The number of hydrogen-bond acceptors (Lipinski definition) is 3. The number of aromatic nitrogens is 2. The second kappa shape index (κ2) is 4.42. The average molecular weight is 209 g/mol. The molecule has 1 aromatic rings. The predicted molar refractivity (Wildman–Crippen MR) is 55.5 cm³/mol. The van der Waals surface area contributed by atoms with E-state index in [0.29, 0.717) is 5.92 Å². The Labute approximate surface area is 88.2 Å². The molecule has 0 radical (unpaired) electrons. The first kappa shape index (κ1) is 10.1. The highest BCUT2D eigenvalue weighted by atomic mass is 16.6. The molecule has 2 rings (SSSR count). The van der Waals surface area contributed by atoms with E-state index in [4.69, 9.17) is 0 Å². The van der Waals surface area contributed by atoms with Crippen LogP contribution in [-0.2, 0) is 6.54 Å². The number of hydrogen-bond donors (Lipinski definition) is 0. The Balaban J connectivity index is 1.94. The van der Waals surface area contributed by atoms with E-state index in [-0.39, 0.29) is 5.69 Å². The Hall–Kier alpha value is -1.39. The molecule has 0 bridgehead atoms. The Morgan fingerprint density at radius 3 is 2.80 bits per heavy atom. The van der Waals surface area contributed by atoms with Gasteiger partial charge in [0.1, 0.15) is 12.4 Å². The van der Waals surface area contributed by atoms with Crippen LogP contribution < -0.4 is 0 Å². The van der Waals surface area contributed by atoms with Crippen molar-refractivity contribution in [2.45, 2.75) is 38.6 Å². The largest absolute Gasteiger partial charge is 0.306 e. The Kier molecular flexibility index (Phi) is 2.99. The highest BCUT2D eigenvalue weighted by molar-refractivity contribution is 5.20. The summed E-state index contributed by atoms with van der Waals surface area (Å²) in [4.78, 5) is 10.1. The molecular weight excluding hydrogens is 194 g/mol. The molecule has 1 fully saturated rings. The molecule has 0 saturated heterocycles. The van der Waals surface area contributed by atoms with Gasteiger partial charge in [-0.05, 0) is 18.8 Å². The molecule has 0 aliphatic heterocycles. The van der Waals surface area contributed by atoms with Gasteiger partial charge >= 0.3 is 5.69 Å². The fourth-order valence-electron chi connectivity index (χ4n) is 2.18. The van der Waals surface area contributed by atoms with Gasteiger partial charge in [0.25, 0.3) is 0 Å². The first-order valence-corrected chi connectivity index (χ1v) is 5.42. The monoisotopic (exact) mass is 209 g/mol. The van der Waals surface area contributed by atoms with E-state index < -0.39 is 4.92 Å². The second-order valence-electron chi connectivity index (χ2n) is 4.18. The van der Waals surface area contributed by atoms with E-state index in [1.54, 1.807) is 4.68 Å². The van der Waals surface area contributed by atoms with Crippen molar-refractivity contribution < 1.29 is 4.92 Å². The van der Waals surface area contributed by atoms with Crippen molar-refractivity contribution >= 4 is 5.69 Å². The van der Waals surface area contributed by atoms with Crippen LogP contribution in [-0.4, -0.2) is 14.7 Å².